The second-order valence-electron chi connectivity index (χ2n) is 5.33. The second kappa shape index (κ2) is 6.84. The summed E-state index contributed by atoms with van der Waals surface area (Å²) < 4.78 is 1.75. The molecule has 0 spiro atoms. The Kier molecular flexibility index (Phi) is 4.43. The van der Waals surface area contributed by atoms with E-state index >= 15 is 0 Å². The third kappa shape index (κ3) is 3.64. The molecule has 3 aromatic rings. The number of phenols is 1. The molecule has 0 saturated carbocycles. The molecule has 0 aliphatic heterocycles. The first-order valence-corrected chi connectivity index (χ1v) is 7.48. The molecule has 0 atom stereocenters. The molecule has 6 nitrogen and oxygen atoms in total. The summed E-state index contributed by atoms with van der Waals surface area (Å²) in [5.41, 5.74) is 1.71. The van der Waals surface area contributed by atoms with Gasteiger partial charge < -0.3 is 9.67 Å². The topological polar surface area (TPSA) is 85.4 Å². The van der Waals surface area contributed by atoms with Crippen molar-refractivity contribution < 1.29 is 14.8 Å². The van der Waals surface area contributed by atoms with Gasteiger partial charge in [-0.2, -0.15) is 0 Å². The van der Waals surface area contributed by atoms with E-state index in [0.717, 1.165) is 0 Å². The zero-order chi connectivity index (χ0) is 17.8. The highest BCUT2D eigenvalue weighted by Gasteiger charge is 2.09. The number of aromatic hydroxyl groups is 1. The average Bonchev–Trinajstić information content (AvgIpc) is 3.08. The highest BCUT2D eigenvalue weighted by Crippen LogP contribution is 2.20. The van der Waals surface area contributed by atoms with Crippen LogP contribution in [0.15, 0.2) is 72.9 Å². The van der Waals surface area contributed by atoms with Crippen molar-refractivity contribution in [2.24, 2.45) is 0 Å². The number of hydrogen-bond donors (Lipinski definition) is 1. The minimum Gasteiger partial charge on any atom is -0.508 e. The Morgan fingerprint density at radius 2 is 1.88 bits per heavy atom. The van der Waals surface area contributed by atoms with Crippen LogP contribution in [0.2, 0.25) is 0 Å². The summed E-state index contributed by atoms with van der Waals surface area (Å²) in [4.78, 5) is 22.7. The molecule has 2 aromatic carbocycles. The smallest absolute Gasteiger partial charge is 0.271 e. The Balaban J connectivity index is 1.88. The molecule has 3 rings (SSSR count). The van der Waals surface area contributed by atoms with Crippen LogP contribution in [0.3, 0.4) is 0 Å². The molecule has 1 aromatic heterocycles. The first kappa shape index (κ1) is 16.2. The summed E-state index contributed by atoms with van der Waals surface area (Å²) in [6.07, 6.45) is 4.79. The van der Waals surface area contributed by atoms with E-state index in [1.165, 1.54) is 30.3 Å². The van der Waals surface area contributed by atoms with Crippen LogP contribution in [0.25, 0.3) is 11.8 Å². The molecular weight excluding hydrogens is 320 g/mol. The fourth-order valence-corrected chi connectivity index (χ4v) is 2.44. The van der Waals surface area contributed by atoms with Gasteiger partial charge in [-0.25, -0.2) is 0 Å². The average molecular weight is 334 g/mol. The van der Waals surface area contributed by atoms with E-state index in [2.05, 4.69) is 0 Å². The quantitative estimate of drug-likeness (QED) is 0.331. The molecule has 1 heterocycles. The number of nitrogens with zero attached hydrogens (tertiary/aromatic N) is 2. The Morgan fingerprint density at radius 1 is 1.08 bits per heavy atom. The van der Waals surface area contributed by atoms with Gasteiger partial charge in [0.1, 0.15) is 5.75 Å². The van der Waals surface area contributed by atoms with E-state index in [4.69, 9.17) is 0 Å². The third-order valence-electron chi connectivity index (χ3n) is 3.64. The highest BCUT2D eigenvalue weighted by atomic mass is 16.6. The van der Waals surface area contributed by atoms with Gasteiger partial charge in [-0.15, -0.1) is 0 Å². The molecule has 0 fully saturated rings. The number of phenolic OH excluding ortho intramolecular Hbond substituents is 1. The van der Waals surface area contributed by atoms with Crippen LogP contribution in [0, 0.1) is 10.1 Å². The van der Waals surface area contributed by atoms with Gasteiger partial charge in [-0.1, -0.05) is 18.2 Å². The van der Waals surface area contributed by atoms with Gasteiger partial charge in [0.15, 0.2) is 5.78 Å². The number of nitro benzene ring substituents is 1. The first-order valence-electron chi connectivity index (χ1n) is 7.48. The van der Waals surface area contributed by atoms with Crippen molar-refractivity contribution in [2.45, 2.75) is 0 Å². The molecule has 0 amide bonds. The van der Waals surface area contributed by atoms with Gasteiger partial charge in [0, 0.05) is 29.6 Å². The van der Waals surface area contributed by atoms with Crippen molar-refractivity contribution in [3.05, 3.63) is 94.3 Å². The SMILES string of the molecule is O=C(/C=C/c1cccn1-c1cccc([N+](=O)[O-])c1)c1cccc(O)c1. The third-order valence-corrected chi connectivity index (χ3v) is 3.64. The van der Waals surface area contributed by atoms with Gasteiger partial charge in [0.05, 0.1) is 10.6 Å². The number of nitro groups is 1. The molecule has 25 heavy (non-hydrogen) atoms. The van der Waals surface area contributed by atoms with E-state index < -0.39 is 4.92 Å². The van der Waals surface area contributed by atoms with Crippen LogP contribution in [0.5, 0.6) is 5.75 Å². The number of rotatable bonds is 5. The van der Waals surface area contributed by atoms with Crippen LogP contribution in [0.4, 0.5) is 5.69 Å². The fraction of sp³-hybridized carbons (Fsp3) is 0. The lowest BCUT2D eigenvalue weighted by Crippen LogP contribution is -1.98. The Hall–Kier alpha value is -3.67. The molecule has 0 saturated heterocycles. The molecule has 124 valence electrons. The Morgan fingerprint density at radius 3 is 2.64 bits per heavy atom. The maximum Gasteiger partial charge on any atom is 0.271 e. The first-order chi connectivity index (χ1) is 12.0. The van der Waals surface area contributed by atoms with Gasteiger partial charge in [-0.05, 0) is 42.5 Å². The van der Waals surface area contributed by atoms with Gasteiger partial charge in [0.2, 0.25) is 0 Å². The maximum atomic E-state index is 12.2. The molecule has 0 bridgehead atoms. The number of allylic oxidation sites excluding steroid dienone is 1. The molecule has 0 aliphatic carbocycles. The molecule has 1 N–H and O–H groups in total. The standard InChI is InChI=1S/C19H14N2O4/c22-18-8-1-4-14(12-18)19(23)10-9-15-7-3-11-20(15)16-5-2-6-17(13-16)21(24)25/h1-13,22H/b10-9+. The summed E-state index contributed by atoms with van der Waals surface area (Å²) in [6.45, 7) is 0. The lowest BCUT2D eigenvalue weighted by molar-refractivity contribution is -0.384. The Bertz CT molecular complexity index is 973. The van der Waals surface area contributed by atoms with Gasteiger partial charge >= 0.3 is 0 Å². The molecular formula is C19H14N2O4. The van der Waals surface area contributed by atoms with Crippen LogP contribution < -0.4 is 0 Å². The number of ketones is 1. The van der Waals surface area contributed by atoms with Crippen molar-refractivity contribution in [1.29, 1.82) is 0 Å². The van der Waals surface area contributed by atoms with Crippen molar-refractivity contribution >= 4 is 17.5 Å². The predicted molar refractivity (Wildman–Crippen MR) is 93.9 cm³/mol. The minimum absolute atomic E-state index is 0.00281. The van der Waals surface area contributed by atoms with E-state index in [0.29, 0.717) is 16.9 Å². The number of non-ortho nitro benzene ring substituents is 1. The van der Waals surface area contributed by atoms with Crippen LogP contribution in [-0.2, 0) is 0 Å². The number of carbonyl (C=O) groups is 1. The van der Waals surface area contributed by atoms with E-state index in [1.54, 1.807) is 53.2 Å². The summed E-state index contributed by atoms with van der Waals surface area (Å²) >= 11 is 0. The molecule has 0 unspecified atom stereocenters. The lowest BCUT2D eigenvalue weighted by atomic mass is 10.1. The summed E-state index contributed by atoms with van der Waals surface area (Å²) in [7, 11) is 0. The number of benzene rings is 2. The van der Waals surface area contributed by atoms with E-state index in [-0.39, 0.29) is 17.2 Å². The van der Waals surface area contributed by atoms with Crippen molar-refractivity contribution in [2.75, 3.05) is 0 Å². The van der Waals surface area contributed by atoms with Crippen LogP contribution >= 0.6 is 0 Å². The Labute approximate surface area is 143 Å². The zero-order valence-corrected chi connectivity index (χ0v) is 13.1. The number of hydrogen-bond acceptors (Lipinski definition) is 4. The highest BCUT2D eigenvalue weighted by molar-refractivity contribution is 6.06. The second-order valence-corrected chi connectivity index (χ2v) is 5.33. The van der Waals surface area contributed by atoms with Crippen molar-refractivity contribution in [3.8, 4) is 11.4 Å². The van der Waals surface area contributed by atoms with E-state index in [1.807, 2.05) is 0 Å². The molecule has 6 heteroatoms. The lowest BCUT2D eigenvalue weighted by Gasteiger charge is -2.06. The number of carbonyl (C=O) groups excluding carboxylic acids is 1. The van der Waals surface area contributed by atoms with Gasteiger partial charge in [-0.3, -0.25) is 14.9 Å². The summed E-state index contributed by atoms with van der Waals surface area (Å²) in [5.74, 6) is -0.220. The van der Waals surface area contributed by atoms with Gasteiger partial charge in [0.25, 0.3) is 5.69 Å². The monoisotopic (exact) mass is 334 g/mol. The fourth-order valence-electron chi connectivity index (χ4n) is 2.44. The summed E-state index contributed by atoms with van der Waals surface area (Å²) in [6, 6.07) is 15.9. The van der Waals surface area contributed by atoms with Crippen LogP contribution in [0.1, 0.15) is 16.1 Å². The maximum absolute atomic E-state index is 12.2. The number of aromatic nitrogens is 1. The minimum atomic E-state index is -0.450. The summed E-state index contributed by atoms with van der Waals surface area (Å²) in [5, 5.41) is 20.4. The van der Waals surface area contributed by atoms with Crippen molar-refractivity contribution in [3.63, 3.8) is 0 Å². The van der Waals surface area contributed by atoms with Crippen molar-refractivity contribution in [1.82, 2.24) is 4.57 Å². The zero-order valence-electron chi connectivity index (χ0n) is 13.1. The largest absolute Gasteiger partial charge is 0.508 e. The molecule has 0 aliphatic rings. The normalized spacial score (nSPS) is 10.9. The van der Waals surface area contributed by atoms with E-state index in [9.17, 15) is 20.0 Å². The molecule has 0 radical (unpaired) electrons. The predicted octanol–water partition coefficient (Wildman–Crippen LogP) is 3.99. The van der Waals surface area contributed by atoms with Crippen LogP contribution in [-0.4, -0.2) is 20.4 Å².